The molecular weight excluding hydrogens is 356 g/mol. The Kier molecular flexibility index (Phi) is 5.88. The minimum atomic E-state index is -3.48. The second-order valence-corrected chi connectivity index (χ2v) is 8.89. The van der Waals surface area contributed by atoms with Crippen molar-refractivity contribution in [3.05, 3.63) is 46.7 Å². The maximum absolute atomic E-state index is 12.7. The Morgan fingerprint density at radius 2 is 1.96 bits per heavy atom. The molecule has 0 spiro atoms. The maximum atomic E-state index is 12.7. The van der Waals surface area contributed by atoms with Crippen LogP contribution in [0.4, 0.5) is 5.69 Å². The van der Waals surface area contributed by atoms with Crippen molar-refractivity contribution >= 4 is 33.0 Å². The normalized spacial score (nSPS) is 15.8. The topological polar surface area (TPSA) is 66.5 Å². The van der Waals surface area contributed by atoms with Crippen molar-refractivity contribution in [1.82, 2.24) is 4.31 Å². The van der Waals surface area contributed by atoms with Crippen LogP contribution in [0.1, 0.15) is 31.2 Å². The van der Waals surface area contributed by atoms with E-state index in [-0.39, 0.29) is 10.8 Å². The number of rotatable bonds is 6. The molecule has 1 aliphatic heterocycles. The number of hydrogen-bond acceptors (Lipinski definition) is 4. The number of anilines is 1. The molecule has 0 radical (unpaired) electrons. The van der Waals surface area contributed by atoms with Gasteiger partial charge >= 0.3 is 0 Å². The zero-order chi connectivity index (χ0) is 17.7. The number of hydrogen-bond donors (Lipinski definition) is 1. The average Bonchev–Trinajstić information content (AvgIpc) is 3.14. The predicted molar refractivity (Wildman–Crippen MR) is 100 cm³/mol. The van der Waals surface area contributed by atoms with Gasteiger partial charge in [0.2, 0.25) is 15.9 Å². The second kappa shape index (κ2) is 8.12. The zero-order valence-corrected chi connectivity index (χ0v) is 15.6. The van der Waals surface area contributed by atoms with Gasteiger partial charge in [-0.2, -0.15) is 15.6 Å². The van der Waals surface area contributed by atoms with Crippen LogP contribution in [0, 0.1) is 0 Å². The molecule has 1 fully saturated rings. The summed E-state index contributed by atoms with van der Waals surface area (Å²) in [7, 11) is -3.48. The molecule has 1 N–H and O–H groups in total. The van der Waals surface area contributed by atoms with E-state index in [0.717, 1.165) is 24.8 Å². The molecular formula is C18H22N2O3S2. The first-order valence-corrected chi connectivity index (χ1v) is 10.9. The molecule has 0 unspecified atom stereocenters. The van der Waals surface area contributed by atoms with Crippen LogP contribution in [0.3, 0.4) is 0 Å². The summed E-state index contributed by atoms with van der Waals surface area (Å²) in [5.74, 6) is -0.112. The van der Waals surface area contributed by atoms with Gasteiger partial charge in [0.25, 0.3) is 0 Å². The molecule has 0 bridgehead atoms. The number of carbonyl (C=O) groups excluding carboxylic acids is 1. The van der Waals surface area contributed by atoms with E-state index >= 15 is 0 Å². The summed E-state index contributed by atoms with van der Waals surface area (Å²) in [6.45, 7) is 1.14. The minimum absolute atomic E-state index is 0.112. The predicted octanol–water partition coefficient (Wildman–Crippen LogP) is 3.49. The highest BCUT2D eigenvalue weighted by molar-refractivity contribution is 7.89. The van der Waals surface area contributed by atoms with E-state index in [4.69, 9.17) is 0 Å². The van der Waals surface area contributed by atoms with Crippen LogP contribution < -0.4 is 5.32 Å². The molecule has 5 nitrogen and oxygen atoms in total. The highest BCUT2D eigenvalue weighted by atomic mass is 32.2. The molecule has 25 heavy (non-hydrogen) atoms. The fourth-order valence-corrected chi connectivity index (χ4v) is 5.17. The fraction of sp³-hybridized carbons (Fsp3) is 0.389. The van der Waals surface area contributed by atoms with Crippen molar-refractivity contribution in [1.29, 1.82) is 0 Å². The average molecular weight is 379 g/mol. The third-order valence-corrected chi connectivity index (χ3v) is 6.92. The van der Waals surface area contributed by atoms with Crippen molar-refractivity contribution in [2.45, 2.75) is 37.0 Å². The molecule has 0 saturated carbocycles. The number of nitrogens with zero attached hydrogens (tertiary/aromatic N) is 1. The number of carbonyl (C=O) groups is 1. The van der Waals surface area contributed by atoms with Gasteiger partial charge in [-0.05, 0) is 59.9 Å². The van der Waals surface area contributed by atoms with Gasteiger partial charge in [-0.25, -0.2) is 8.42 Å². The summed E-state index contributed by atoms with van der Waals surface area (Å²) in [6, 6.07) is 8.53. The summed E-state index contributed by atoms with van der Waals surface area (Å²) in [5, 5.41) is 6.82. The third-order valence-electron chi connectivity index (χ3n) is 4.29. The Morgan fingerprint density at radius 3 is 2.68 bits per heavy atom. The van der Waals surface area contributed by atoms with E-state index < -0.39 is 10.0 Å². The molecule has 0 atom stereocenters. The number of nitrogens with one attached hydrogen (secondary N) is 1. The summed E-state index contributed by atoms with van der Waals surface area (Å²) >= 11 is 1.61. The summed E-state index contributed by atoms with van der Waals surface area (Å²) < 4.78 is 27.0. The van der Waals surface area contributed by atoms with Gasteiger partial charge in [-0.15, -0.1) is 0 Å². The van der Waals surface area contributed by atoms with E-state index in [1.54, 1.807) is 35.6 Å². The first-order chi connectivity index (χ1) is 12.1. The van der Waals surface area contributed by atoms with Crippen LogP contribution in [0.2, 0.25) is 0 Å². The van der Waals surface area contributed by atoms with Gasteiger partial charge in [-0.3, -0.25) is 4.79 Å². The number of thiophene rings is 1. The molecule has 7 heteroatoms. The van der Waals surface area contributed by atoms with E-state index in [2.05, 4.69) is 5.32 Å². The molecule has 1 aliphatic rings. The largest absolute Gasteiger partial charge is 0.326 e. The first-order valence-electron chi connectivity index (χ1n) is 8.47. The number of benzene rings is 1. The lowest BCUT2D eigenvalue weighted by molar-refractivity contribution is -0.116. The molecule has 1 saturated heterocycles. The van der Waals surface area contributed by atoms with E-state index in [0.29, 0.717) is 31.6 Å². The highest BCUT2D eigenvalue weighted by Gasteiger charge is 2.26. The minimum Gasteiger partial charge on any atom is -0.326 e. The lowest BCUT2D eigenvalue weighted by Crippen LogP contribution is -2.35. The molecule has 1 amide bonds. The molecule has 1 aromatic carbocycles. The van der Waals surface area contributed by atoms with Crippen molar-refractivity contribution in [3.8, 4) is 0 Å². The van der Waals surface area contributed by atoms with Crippen molar-refractivity contribution in [2.75, 3.05) is 18.4 Å². The standard InChI is InChI=1S/C18H22N2O3S2/c21-18(8-7-15-9-12-24-14-15)19-16-5-4-6-17(13-16)25(22,23)20-10-2-1-3-11-20/h4-6,9,12-14H,1-3,7-8,10-11H2,(H,19,21). The van der Waals surface area contributed by atoms with Crippen LogP contribution in [-0.4, -0.2) is 31.7 Å². The van der Waals surface area contributed by atoms with Crippen molar-refractivity contribution < 1.29 is 13.2 Å². The van der Waals surface area contributed by atoms with Gasteiger partial charge in [0.1, 0.15) is 0 Å². The van der Waals surface area contributed by atoms with Crippen LogP contribution in [-0.2, 0) is 21.2 Å². The lowest BCUT2D eigenvalue weighted by atomic mass is 10.2. The number of amides is 1. The van der Waals surface area contributed by atoms with Crippen molar-refractivity contribution in [3.63, 3.8) is 0 Å². The van der Waals surface area contributed by atoms with Crippen LogP contribution >= 0.6 is 11.3 Å². The maximum Gasteiger partial charge on any atom is 0.243 e. The van der Waals surface area contributed by atoms with Gasteiger partial charge in [0.05, 0.1) is 4.90 Å². The zero-order valence-electron chi connectivity index (χ0n) is 14.0. The lowest BCUT2D eigenvalue weighted by Gasteiger charge is -2.26. The summed E-state index contributed by atoms with van der Waals surface area (Å²) in [6.07, 6.45) is 3.93. The van der Waals surface area contributed by atoms with E-state index in [9.17, 15) is 13.2 Å². The molecule has 3 rings (SSSR count). The Balaban J connectivity index is 1.65. The van der Waals surface area contributed by atoms with Gasteiger partial charge < -0.3 is 5.32 Å². The monoisotopic (exact) mass is 378 g/mol. The third kappa shape index (κ3) is 4.68. The molecule has 2 heterocycles. The number of piperidine rings is 1. The van der Waals surface area contributed by atoms with Gasteiger partial charge in [0.15, 0.2) is 0 Å². The molecule has 0 aliphatic carbocycles. The highest BCUT2D eigenvalue weighted by Crippen LogP contribution is 2.23. The van der Waals surface area contributed by atoms with Gasteiger partial charge in [0, 0.05) is 25.2 Å². The fourth-order valence-electron chi connectivity index (χ4n) is 2.90. The van der Waals surface area contributed by atoms with Crippen molar-refractivity contribution in [2.24, 2.45) is 0 Å². The Labute approximate surface area is 152 Å². The smallest absolute Gasteiger partial charge is 0.243 e. The second-order valence-electron chi connectivity index (χ2n) is 6.17. The van der Waals surface area contributed by atoms with Crippen LogP contribution in [0.25, 0.3) is 0 Å². The molecule has 134 valence electrons. The quantitative estimate of drug-likeness (QED) is 0.837. The Hall–Kier alpha value is -1.70. The SMILES string of the molecule is O=C(CCc1ccsc1)Nc1cccc(S(=O)(=O)N2CCCCC2)c1. The first kappa shape index (κ1) is 18.1. The Morgan fingerprint density at radius 1 is 1.16 bits per heavy atom. The van der Waals surface area contributed by atoms with Crippen LogP contribution in [0.15, 0.2) is 46.0 Å². The summed E-state index contributed by atoms with van der Waals surface area (Å²) in [4.78, 5) is 12.3. The molecule has 2 aromatic rings. The summed E-state index contributed by atoms with van der Waals surface area (Å²) in [5.41, 5.74) is 1.66. The number of aryl methyl sites for hydroxylation is 1. The number of sulfonamides is 1. The molecule has 1 aromatic heterocycles. The van der Waals surface area contributed by atoms with Gasteiger partial charge in [-0.1, -0.05) is 12.5 Å². The van der Waals surface area contributed by atoms with E-state index in [1.807, 2.05) is 16.8 Å². The van der Waals surface area contributed by atoms with Crippen LogP contribution in [0.5, 0.6) is 0 Å². The Bertz CT molecular complexity index is 811. The van der Waals surface area contributed by atoms with E-state index in [1.165, 1.54) is 4.31 Å².